The van der Waals surface area contributed by atoms with Crippen LogP contribution in [0.5, 0.6) is 0 Å². The molecule has 4 nitrogen and oxygen atoms in total. The van der Waals surface area contributed by atoms with Gasteiger partial charge in [-0.3, -0.25) is 4.90 Å². The number of rotatable bonds is 3. The molecule has 3 aliphatic rings. The van der Waals surface area contributed by atoms with E-state index in [2.05, 4.69) is 28.8 Å². The summed E-state index contributed by atoms with van der Waals surface area (Å²) in [5.41, 5.74) is 6.58. The molecule has 116 valence electrons. The molecule has 3 rings (SSSR count). The monoisotopic (exact) mass is 280 g/mol. The highest BCUT2D eigenvalue weighted by Crippen LogP contribution is 2.37. The van der Waals surface area contributed by atoms with Crippen molar-refractivity contribution in [1.29, 1.82) is 0 Å². The van der Waals surface area contributed by atoms with E-state index in [0.717, 1.165) is 18.6 Å². The number of hydrogen-bond donors (Lipinski definition) is 1. The maximum absolute atomic E-state index is 6.28. The zero-order chi connectivity index (χ0) is 14.2. The zero-order valence-electron chi connectivity index (χ0n) is 13.4. The molecule has 3 fully saturated rings. The van der Waals surface area contributed by atoms with Crippen molar-refractivity contribution in [3.8, 4) is 0 Å². The van der Waals surface area contributed by atoms with Crippen LogP contribution in [0.15, 0.2) is 0 Å². The van der Waals surface area contributed by atoms with Crippen LogP contribution in [0, 0.1) is 0 Å². The fourth-order valence-corrected chi connectivity index (χ4v) is 4.77. The Morgan fingerprint density at radius 3 is 2.50 bits per heavy atom. The summed E-state index contributed by atoms with van der Waals surface area (Å²) in [6, 6.07) is 1.59. The minimum Gasteiger partial charge on any atom is -0.329 e. The second kappa shape index (κ2) is 5.91. The SMILES string of the molecule is CN(C)C1CCN(C2(CN)CCN3CCCC3C2)CC1. The Bertz CT molecular complexity index is 324. The molecular weight excluding hydrogens is 248 g/mol. The van der Waals surface area contributed by atoms with Crippen molar-refractivity contribution in [3.05, 3.63) is 0 Å². The Kier molecular flexibility index (Phi) is 4.37. The number of nitrogens with two attached hydrogens (primary N) is 1. The fourth-order valence-electron chi connectivity index (χ4n) is 4.77. The molecule has 0 aliphatic carbocycles. The molecule has 3 saturated heterocycles. The first-order valence-electron chi connectivity index (χ1n) is 8.50. The molecule has 0 spiro atoms. The summed E-state index contributed by atoms with van der Waals surface area (Å²) in [5, 5.41) is 0. The first-order chi connectivity index (χ1) is 9.64. The quantitative estimate of drug-likeness (QED) is 0.835. The van der Waals surface area contributed by atoms with Crippen molar-refractivity contribution in [2.75, 3.05) is 46.8 Å². The summed E-state index contributed by atoms with van der Waals surface area (Å²) in [7, 11) is 4.44. The van der Waals surface area contributed by atoms with Gasteiger partial charge in [0.05, 0.1) is 0 Å². The smallest absolute Gasteiger partial charge is 0.0358 e. The second-order valence-corrected chi connectivity index (χ2v) is 7.40. The lowest BCUT2D eigenvalue weighted by molar-refractivity contribution is -0.0126. The van der Waals surface area contributed by atoms with Gasteiger partial charge in [-0.15, -0.1) is 0 Å². The zero-order valence-corrected chi connectivity index (χ0v) is 13.4. The summed E-state index contributed by atoms with van der Waals surface area (Å²) in [6.45, 7) is 5.94. The third kappa shape index (κ3) is 2.63. The van der Waals surface area contributed by atoms with Gasteiger partial charge in [-0.1, -0.05) is 0 Å². The lowest BCUT2D eigenvalue weighted by Crippen LogP contribution is -2.63. The lowest BCUT2D eigenvalue weighted by Gasteiger charge is -2.52. The molecule has 2 N–H and O–H groups in total. The molecule has 0 saturated carbocycles. The van der Waals surface area contributed by atoms with Gasteiger partial charge in [0.2, 0.25) is 0 Å². The highest BCUT2D eigenvalue weighted by Gasteiger charge is 2.45. The third-order valence-corrected chi connectivity index (χ3v) is 6.22. The Hall–Kier alpha value is -0.160. The second-order valence-electron chi connectivity index (χ2n) is 7.40. The highest BCUT2D eigenvalue weighted by molar-refractivity contribution is 5.03. The van der Waals surface area contributed by atoms with Gasteiger partial charge in [-0.2, -0.15) is 0 Å². The van der Waals surface area contributed by atoms with E-state index in [4.69, 9.17) is 5.73 Å². The van der Waals surface area contributed by atoms with Crippen LogP contribution in [-0.4, -0.2) is 79.1 Å². The molecule has 0 aromatic heterocycles. The average Bonchev–Trinajstić information content (AvgIpc) is 2.94. The van der Waals surface area contributed by atoms with Crippen LogP contribution in [0.25, 0.3) is 0 Å². The molecule has 0 amide bonds. The average molecular weight is 280 g/mol. The fraction of sp³-hybridized carbons (Fsp3) is 1.00. The Morgan fingerprint density at radius 1 is 1.10 bits per heavy atom. The number of piperidine rings is 2. The Labute approximate surface area is 124 Å². The Balaban J connectivity index is 1.64. The first kappa shape index (κ1) is 14.8. The predicted octanol–water partition coefficient (Wildman–Crippen LogP) is 0.968. The first-order valence-corrected chi connectivity index (χ1v) is 8.50. The van der Waals surface area contributed by atoms with Gasteiger partial charge in [0.1, 0.15) is 0 Å². The number of nitrogens with zero attached hydrogens (tertiary/aromatic N) is 3. The molecule has 2 atom stereocenters. The largest absolute Gasteiger partial charge is 0.329 e. The number of hydrogen-bond acceptors (Lipinski definition) is 4. The summed E-state index contributed by atoms with van der Waals surface area (Å²) in [6.07, 6.45) is 8.01. The van der Waals surface area contributed by atoms with Crippen LogP contribution in [-0.2, 0) is 0 Å². The van der Waals surface area contributed by atoms with Crippen molar-refractivity contribution < 1.29 is 0 Å². The van der Waals surface area contributed by atoms with Crippen molar-refractivity contribution >= 4 is 0 Å². The maximum Gasteiger partial charge on any atom is 0.0358 e. The predicted molar refractivity (Wildman–Crippen MR) is 83.9 cm³/mol. The van der Waals surface area contributed by atoms with Crippen LogP contribution >= 0.6 is 0 Å². The minimum absolute atomic E-state index is 0.308. The number of likely N-dealkylation sites (tertiary alicyclic amines) is 1. The van der Waals surface area contributed by atoms with Crippen molar-refractivity contribution in [3.63, 3.8) is 0 Å². The topological polar surface area (TPSA) is 35.7 Å². The standard InChI is InChI=1S/C16H32N4/c1-18(2)14-5-9-20(10-6-14)16(13-17)7-11-19-8-3-4-15(19)12-16/h14-15H,3-13,17H2,1-2H3. The molecule has 0 aromatic rings. The van der Waals surface area contributed by atoms with Gasteiger partial charge >= 0.3 is 0 Å². The molecule has 0 aromatic carbocycles. The van der Waals surface area contributed by atoms with E-state index in [1.165, 1.54) is 64.7 Å². The van der Waals surface area contributed by atoms with Gasteiger partial charge in [-0.25, -0.2) is 0 Å². The van der Waals surface area contributed by atoms with E-state index in [9.17, 15) is 0 Å². The van der Waals surface area contributed by atoms with E-state index in [1.807, 2.05) is 0 Å². The van der Waals surface area contributed by atoms with Crippen LogP contribution in [0.2, 0.25) is 0 Å². The van der Waals surface area contributed by atoms with E-state index in [0.29, 0.717) is 5.54 Å². The minimum atomic E-state index is 0.308. The summed E-state index contributed by atoms with van der Waals surface area (Å²) in [4.78, 5) is 7.86. The Morgan fingerprint density at radius 2 is 1.85 bits per heavy atom. The van der Waals surface area contributed by atoms with E-state index >= 15 is 0 Å². The van der Waals surface area contributed by atoms with Crippen molar-refractivity contribution in [2.24, 2.45) is 5.73 Å². The van der Waals surface area contributed by atoms with E-state index < -0.39 is 0 Å². The lowest BCUT2D eigenvalue weighted by atomic mass is 9.80. The van der Waals surface area contributed by atoms with Crippen LogP contribution in [0.4, 0.5) is 0 Å². The highest BCUT2D eigenvalue weighted by atomic mass is 15.3. The maximum atomic E-state index is 6.28. The van der Waals surface area contributed by atoms with Crippen LogP contribution in [0.1, 0.15) is 38.5 Å². The van der Waals surface area contributed by atoms with Crippen molar-refractivity contribution in [2.45, 2.75) is 56.1 Å². The van der Waals surface area contributed by atoms with Gasteiger partial charge in [0.15, 0.2) is 0 Å². The van der Waals surface area contributed by atoms with Gasteiger partial charge < -0.3 is 15.5 Å². The van der Waals surface area contributed by atoms with Crippen molar-refractivity contribution in [1.82, 2.24) is 14.7 Å². The van der Waals surface area contributed by atoms with E-state index in [1.54, 1.807) is 0 Å². The van der Waals surface area contributed by atoms with Gasteiger partial charge in [0.25, 0.3) is 0 Å². The summed E-state index contributed by atoms with van der Waals surface area (Å²) in [5.74, 6) is 0. The van der Waals surface area contributed by atoms with Gasteiger partial charge in [-0.05, 0) is 59.2 Å². The summed E-state index contributed by atoms with van der Waals surface area (Å²) < 4.78 is 0. The van der Waals surface area contributed by atoms with E-state index in [-0.39, 0.29) is 0 Å². The molecule has 20 heavy (non-hydrogen) atoms. The summed E-state index contributed by atoms with van der Waals surface area (Å²) >= 11 is 0. The normalized spacial score (nSPS) is 37.5. The van der Waals surface area contributed by atoms with Gasteiger partial charge in [0, 0.05) is 43.8 Å². The van der Waals surface area contributed by atoms with Crippen LogP contribution < -0.4 is 5.73 Å². The molecule has 3 heterocycles. The van der Waals surface area contributed by atoms with Crippen LogP contribution in [0.3, 0.4) is 0 Å². The molecular formula is C16H32N4. The molecule has 3 aliphatic heterocycles. The molecule has 4 heteroatoms. The third-order valence-electron chi connectivity index (χ3n) is 6.22. The molecule has 0 bridgehead atoms. The molecule has 2 unspecified atom stereocenters. The molecule has 0 radical (unpaired) electrons. The number of fused-ring (bicyclic) bond motifs is 1.